The van der Waals surface area contributed by atoms with Gasteiger partial charge in [-0.15, -0.1) is 0 Å². The van der Waals surface area contributed by atoms with E-state index in [-0.39, 0.29) is 0 Å². The highest BCUT2D eigenvalue weighted by Crippen LogP contribution is 2.45. The molecule has 2 aromatic heterocycles. The van der Waals surface area contributed by atoms with E-state index in [1.807, 2.05) is 0 Å². The molecule has 0 aliphatic rings. The van der Waals surface area contributed by atoms with E-state index in [1.54, 1.807) is 0 Å². The highest BCUT2D eigenvalue weighted by Gasteiger charge is 2.20. The van der Waals surface area contributed by atoms with Gasteiger partial charge in [0.25, 0.3) is 0 Å². The predicted octanol–water partition coefficient (Wildman–Crippen LogP) is 12.3. The van der Waals surface area contributed by atoms with E-state index in [2.05, 4.69) is 156 Å². The SMILES string of the molecule is c1ccc2c(c1)c1ccccc1c1c(-c3ccc4c(c3)c3ccc5ccc6cccc7c8ccccc8n4c3c5c67)cccc21. The first kappa shape index (κ1) is 23.5. The van der Waals surface area contributed by atoms with E-state index in [0.717, 1.165) is 0 Å². The van der Waals surface area contributed by atoms with Crippen LogP contribution in [0.4, 0.5) is 0 Å². The molecule has 11 rings (SSSR count). The normalized spacial score (nSPS) is 12.4. The van der Waals surface area contributed by atoms with Crippen molar-refractivity contribution in [1.82, 2.24) is 4.40 Å². The number of nitrogens with zero attached hydrogens (tertiary/aromatic N) is 1. The Kier molecular flexibility index (Phi) is 4.38. The monoisotopic (exact) mass is 567 g/mol. The third kappa shape index (κ3) is 2.93. The smallest absolute Gasteiger partial charge is 0.0626 e. The predicted molar refractivity (Wildman–Crippen MR) is 194 cm³/mol. The molecule has 0 amide bonds. The molecule has 9 aromatic carbocycles. The van der Waals surface area contributed by atoms with E-state index >= 15 is 0 Å². The molecule has 0 bridgehead atoms. The molecule has 1 nitrogen and oxygen atoms in total. The summed E-state index contributed by atoms with van der Waals surface area (Å²) in [6, 6.07) is 56.5. The van der Waals surface area contributed by atoms with Gasteiger partial charge in [0.2, 0.25) is 0 Å². The third-order valence-corrected chi connectivity index (χ3v) is 10.3. The first-order chi connectivity index (χ1) is 22.3. The number of fused-ring (bicyclic) bond motifs is 12. The zero-order chi connectivity index (χ0) is 29.2. The van der Waals surface area contributed by atoms with Gasteiger partial charge in [0.15, 0.2) is 0 Å². The lowest BCUT2D eigenvalue weighted by Crippen LogP contribution is -1.88. The van der Waals surface area contributed by atoms with Crippen molar-refractivity contribution in [3.63, 3.8) is 0 Å². The van der Waals surface area contributed by atoms with Crippen molar-refractivity contribution in [2.45, 2.75) is 0 Å². The number of benzene rings is 9. The van der Waals surface area contributed by atoms with Gasteiger partial charge in [-0.1, -0.05) is 133 Å². The number of para-hydroxylation sites is 1. The Morgan fingerprint density at radius 2 is 0.867 bits per heavy atom. The van der Waals surface area contributed by atoms with Crippen LogP contribution in [0.2, 0.25) is 0 Å². The highest BCUT2D eigenvalue weighted by molar-refractivity contribution is 6.33. The van der Waals surface area contributed by atoms with Gasteiger partial charge in [-0.05, 0) is 83.2 Å². The van der Waals surface area contributed by atoms with Crippen molar-refractivity contribution in [3.05, 3.63) is 152 Å². The summed E-state index contributed by atoms with van der Waals surface area (Å²) in [4.78, 5) is 0. The fourth-order valence-corrected chi connectivity index (χ4v) is 8.43. The molecular weight excluding hydrogens is 542 g/mol. The standard InChI is InChI=1S/C44H25N/c1-2-11-32-30(10-1)31-12-3-4-14-34(31)43-29(15-8-17-35(32)43)28-22-24-40-38(25-28)37-23-21-27-20-19-26-9-7-16-36-33-13-5-6-18-39(33)45(40)44(37)42(27)41(26)36/h1-25H. The van der Waals surface area contributed by atoms with Crippen molar-refractivity contribution in [3.8, 4) is 11.1 Å². The summed E-state index contributed by atoms with van der Waals surface area (Å²) in [5.41, 5.74) is 6.31. The van der Waals surface area contributed by atoms with Crippen LogP contribution in [-0.2, 0) is 0 Å². The molecule has 0 aliphatic heterocycles. The Morgan fingerprint density at radius 3 is 1.64 bits per heavy atom. The largest absolute Gasteiger partial charge is 0.308 e. The molecule has 0 saturated carbocycles. The van der Waals surface area contributed by atoms with E-state index in [0.29, 0.717) is 0 Å². The Morgan fingerprint density at radius 1 is 0.311 bits per heavy atom. The number of rotatable bonds is 1. The van der Waals surface area contributed by atoms with Gasteiger partial charge in [-0.2, -0.15) is 0 Å². The quantitative estimate of drug-likeness (QED) is 0.174. The first-order valence-corrected chi connectivity index (χ1v) is 15.7. The Hall–Kier alpha value is -5.92. The average molecular weight is 568 g/mol. The fourth-order valence-electron chi connectivity index (χ4n) is 8.43. The summed E-state index contributed by atoms with van der Waals surface area (Å²) < 4.78 is 2.53. The van der Waals surface area contributed by atoms with Crippen LogP contribution in [0.1, 0.15) is 0 Å². The van der Waals surface area contributed by atoms with E-state index in [9.17, 15) is 0 Å². The maximum atomic E-state index is 2.53. The molecule has 0 spiro atoms. The van der Waals surface area contributed by atoms with Gasteiger partial charge in [0.05, 0.1) is 16.6 Å². The summed E-state index contributed by atoms with van der Waals surface area (Å²) in [5.74, 6) is 0. The van der Waals surface area contributed by atoms with E-state index < -0.39 is 0 Å². The van der Waals surface area contributed by atoms with Crippen LogP contribution in [0, 0.1) is 0 Å². The molecular formula is C44H25N. The van der Waals surface area contributed by atoms with E-state index in [1.165, 1.54) is 103 Å². The molecule has 0 atom stereocenters. The minimum absolute atomic E-state index is 1.24. The number of hydrogen-bond acceptors (Lipinski definition) is 0. The number of hydrogen-bond donors (Lipinski definition) is 0. The van der Waals surface area contributed by atoms with Gasteiger partial charge in [-0.25, -0.2) is 0 Å². The maximum Gasteiger partial charge on any atom is 0.0626 e. The summed E-state index contributed by atoms with van der Waals surface area (Å²) in [6.07, 6.45) is 0. The molecule has 0 saturated heterocycles. The van der Waals surface area contributed by atoms with Gasteiger partial charge in [-0.3, -0.25) is 0 Å². The van der Waals surface area contributed by atoms with Gasteiger partial charge in [0, 0.05) is 21.5 Å². The average Bonchev–Trinajstić information content (AvgIpc) is 3.37. The van der Waals surface area contributed by atoms with Crippen molar-refractivity contribution < 1.29 is 0 Å². The van der Waals surface area contributed by atoms with Crippen LogP contribution in [0.5, 0.6) is 0 Å². The maximum absolute atomic E-state index is 2.53. The lowest BCUT2D eigenvalue weighted by molar-refractivity contribution is 1.36. The van der Waals surface area contributed by atoms with Crippen molar-refractivity contribution in [1.29, 1.82) is 0 Å². The molecule has 0 N–H and O–H groups in total. The number of aromatic nitrogens is 1. The zero-order valence-corrected chi connectivity index (χ0v) is 24.4. The second-order valence-corrected chi connectivity index (χ2v) is 12.4. The minimum atomic E-state index is 1.24. The van der Waals surface area contributed by atoms with Gasteiger partial charge in [0.1, 0.15) is 0 Å². The summed E-state index contributed by atoms with van der Waals surface area (Å²) >= 11 is 0. The zero-order valence-electron chi connectivity index (χ0n) is 24.4. The second-order valence-electron chi connectivity index (χ2n) is 12.4. The Balaban J connectivity index is 1.33. The van der Waals surface area contributed by atoms with Crippen LogP contribution >= 0.6 is 0 Å². The lowest BCUT2D eigenvalue weighted by atomic mass is 9.89. The molecule has 11 aromatic rings. The fraction of sp³-hybridized carbons (Fsp3) is 0. The Labute approximate surface area is 258 Å². The molecule has 206 valence electrons. The first-order valence-electron chi connectivity index (χ1n) is 15.7. The third-order valence-electron chi connectivity index (χ3n) is 10.3. The van der Waals surface area contributed by atoms with Gasteiger partial charge >= 0.3 is 0 Å². The molecule has 0 fully saturated rings. The van der Waals surface area contributed by atoms with Crippen LogP contribution in [0.3, 0.4) is 0 Å². The van der Waals surface area contributed by atoms with Crippen molar-refractivity contribution in [2.75, 3.05) is 0 Å². The topological polar surface area (TPSA) is 4.41 Å². The molecule has 0 aliphatic carbocycles. The van der Waals surface area contributed by atoms with Crippen LogP contribution in [0.25, 0.3) is 103 Å². The summed E-state index contributed by atoms with van der Waals surface area (Å²) in [7, 11) is 0. The van der Waals surface area contributed by atoms with Crippen molar-refractivity contribution in [2.24, 2.45) is 0 Å². The van der Waals surface area contributed by atoms with E-state index in [4.69, 9.17) is 0 Å². The second kappa shape index (κ2) is 8.37. The summed E-state index contributed by atoms with van der Waals surface area (Å²) in [5, 5.41) is 18.3. The van der Waals surface area contributed by atoms with Crippen LogP contribution in [-0.4, -0.2) is 4.40 Å². The lowest BCUT2D eigenvalue weighted by Gasteiger charge is -2.14. The minimum Gasteiger partial charge on any atom is -0.308 e. The molecule has 0 radical (unpaired) electrons. The van der Waals surface area contributed by atoms with Crippen LogP contribution in [0.15, 0.2) is 152 Å². The van der Waals surface area contributed by atoms with Crippen LogP contribution < -0.4 is 0 Å². The summed E-state index contributed by atoms with van der Waals surface area (Å²) in [6.45, 7) is 0. The van der Waals surface area contributed by atoms with Gasteiger partial charge < -0.3 is 4.40 Å². The molecule has 0 unspecified atom stereocenters. The molecule has 1 heteroatoms. The molecule has 45 heavy (non-hydrogen) atoms. The van der Waals surface area contributed by atoms with Crippen molar-refractivity contribution >= 4 is 92.0 Å². The molecule has 2 heterocycles. The Bertz CT molecular complexity index is 2990. The highest BCUT2D eigenvalue weighted by atomic mass is 14.9.